The first-order chi connectivity index (χ1) is 8.74. The Hall–Kier alpha value is -0.830. The normalized spacial score (nSPS) is 20.4. The van der Waals surface area contributed by atoms with Crippen molar-refractivity contribution in [3.63, 3.8) is 0 Å². The van der Waals surface area contributed by atoms with Crippen LogP contribution in [0.15, 0.2) is 36.4 Å². The van der Waals surface area contributed by atoms with Gasteiger partial charge in [0, 0.05) is 10.9 Å². The van der Waals surface area contributed by atoms with Gasteiger partial charge in [-0.05, 0) is 48.4 Å². The lowest BCUT2D eigenvalue weighted by molar-refractivity contribution is 0.386. The van der Waals surface area contributed by atoms with Crippen LogP contribution >= 0.6 is 22.9 Å². The number of aryl methyl sites for hydroxylation is 1. The summed E-state index contributed by atoms with van der Waals surface area (Å²) in [5.74, 6) is 0.537. The van der Waals surface area contributed by atoms with Crippen molar-refractivity contribution in [3.05, 3.63) is 56.7 Å². The molecule has 0 saturated carbocycles. The van der Waals surface area contributed by atoms with Gasteiger partial charge >= 0.3 is 0 Å². The molecule has 94 valence electrons. The zero-order valence-electron chi connectivity index (χ0n) is 10.1. The quantitative estimate of drug-likeness (QED) is 0.874. The van der Waals surface area contributed by atoms with E-state index in [0.29, 0.717) is 5.92 Å². The molecule has 3 heteroatoms. The molecule has 1 heterocycles. The minimum atomic E-state index is 0.121. The van der Waals surface area contributed by atoms with E-state index in [1.165, 1.54) is 22.4 Å². The zero-order chi connectivity index (χ0) is 12.5. The van der Waals surface area contributed by atoms with Gasteiger partial charge in [0.2, 0.25) is 0 Å². The van der Waals surface area contributed by atoms with Crippen molar-refractivity contribution in [2.45, 2.75) is 25.3 Å². The number of hydrogen-bond acceptors (Lipinski definition) is 2. The molecular weight excluding hydrogens is 262 g/mol. The summed E-state index contributed by atoms with van der Waals surface area (Å²) >= 11 is 7.60. The molecule has 1 aliphatic carbocycles. The molecule has 0 radical (unpaired) electrons. The third kappa shape index (κ3) is 2.33. The summed E-state index contributed by atoms with van der Waals surface area (Å²) in [6.45, 7) is 0. The van der Waals surface area contributed by atoms with E-state index in [-0.39, 0.29) is 6.04 Å². The summed E-state index contributed by atoms with van der Waals surface area (Å²) in [5, 5.41) is 0. The second-order valence-electron chi connectivity index (χ2n) is 4.94. The Balaban J connectivity index is 1.79. The zero-order valence-corrected chi connectivity index (χ0v) is 11.7. The van der Waals surface area contributed by atoms with Crippen LogP contribution in [0.2, 0.25) is 4.34 Å². The van der Waals surface area contributed by atoms with Crippen LogP contribution in [0.4, 0.5) is 0 Å². The number of thiophene rings is 1. The van der Waals surface area contributed by atoms with Crippen LogP contribution in [0.1, 0.15) is 28.5 Å². The molecule has 18 heavy (non-hydrogen) atoms. The highest BCUT2D eigenvalue weighted by atomic mass is 35.5. The van der Waals surface area contributed by atoms with E-state index in [1.54, 1.807) is 11.3 Å². The number of nitrogens with two attached hydrogens (primary N) is 1. The molecule has 1 aromatic heterocycles. The van der Waals surface area contributed by atoms with Gasteiger partial charge in [0.25, 0.3) is 0 Å². The lowest BCUT2D eigenvalue weighted by Gasteiger charge is -2.28. The van der Waals surface area contributed by atoms with Crippen LogP contribution in [0.5, 0.6) is 0 Å². The fraction of sp³-hybridized carbons (Fsp3) is 0.333. The third-order valence-electron chi connectivity index (χ3n) is 3.82. The van der Waals surface area contributed by atoms with Crippen molar-refractivity contribution in [1.29, 1.82) is 0 Å². The second-order valence-corrected chi connectivity index (χ2v) is 6.69. The first-order valence-electron chi connectivity index (χ1n) is 6.31. The van der Waals surface area contributed by atoms with Gasteiger partial charge in [-0.15, -0.1) is 11.3 Å². The van der Waals surface area contributed by atoms with Crippen molar-refractivity contribution in [2.75, 3.05) is 0 Å². The van der Waals surface area contributed by atoms with E-state index in [0.717, 1.165) is 17.2 Å². The van der Waals surface area contributed by atoms with Gasteiger partial charge < -0.3 is 5.73 Å². The monoisotopic (exact) mass is 277 g/mol. The predicted molar refractivity (Wildman–Crippen MR) is 78.2 cm³/mol. The summed E-state index contributed by atoms with van der Waals surface area (Å²) in [4.78, 5) is 1.21. The minimum Gasteiger partial charge on any atom is -0.323 e. The maximum atomic E-state index is 6.39. The second kappa shape index (κ2) is 5.04. The van der Waals surface area contributed by atoms with Gasteiger partial charge in [-0.1, -0.05) is 35.9 Å². The smallest absolute Gasteiger partial charge is 0.0931 e. The van der Waals surface area contributed by atoms with Gasteiger partial charge in [-0.3, -0.25) is 0 Å². The molecule has 2 atom stereocenters. The molecule has 0 fully saturated rings. The minimum absolute atomic E-state index is 0.121. The summed E-state index contributed by atoms with van der Waals surface area (Å²) < 4.78 is 0.830. The van der Waals surface area contributed by atoms with E-state index in [2.05, 4.69) is 30.3 Å². The van der Waals surface area contributed by atoms with Crippen molar-refractivity contribution < 1.29 is 0 Å². The number of rotatable bonds is 2. The van der Waals surface area contributed by atoms with E-state index in [1.807, 2.05) is 6.07 Å². The highest BCUT2D eigenvalue weighted by Gasteiger charge is 2.25. The fourth-order valence-corrected chi connectivity index (χ4v) is 3.93. The Morgan fingerprint density at radius 1 is 1.17 bits per heavy atom. The molecule has 0 amide bonds. The van der Waals surface area contributed by atoms with E-state index in [9.17, 15) is 0 Å². The van der Waals surface area contributed by atoms with Gasteiger partial charge in [0.1, 0.15) is 0 Å². The molecule has 0 aliphatic heterocycles. The number of fused-ring (bicyclic) bond motifs is 1. The largest absolute Gasteiger partial charge is 0.323 e. The Morgan fingerprint density at radius 3 is 2.67 bits per heavy atom. The first-order valence-corrected chi connectivity index (χ1v) is 7.51. The molecule has 2 N–H and O–H groups in total. The Morgan fingerprint density at radius 2 is 1.94 bits per heavy atom. The summed E-state index contributed by atoms with van der Waals surface area (Å²) in [6, 6.07) is 12.8. The summed E-state index contributed by atoms with van der Waals surface area (Å²) in [5.41, 5.74) is 9.35. The van der Waals surface area contributed by atoms with Crippen LogP contribution in [-0.2, 0) is 12.8 Å². The summed E-state index contributed by atoms with van der Waals surface area (Å²) in [6.07, 6.45) is 3.41. The van der Waals surface area contributed by atoms with Crippen LogP contribution in [-0.4, -0.2) is 0 Å². The predicted octanol–water partition coefficient (Wildman–Crippen LogP) is 4.21. The van der Waals surface area contributed by atoms with Gasteiger partial charge in [-0.2, -0.15) is 0 Å². The molecule has 2 unspecified atom stereocenters. The van der Waals surface area contributed by atoms with Crippen LogP contribution in [0.3, 0.4) is 0 Å². The van der Waals surface area contributed by atoms with Crippen molar-refractivity contribution in [2.24, 2.45) is 11.7 Å². The van der Waals surface area contributed by atoms with Gasteiger partial charge in [0.15, 0.2) is 0 Å². The topological polar surface area (TPSA) is 26.0 Å². The number of halogens is 1. The molecular formula is C15H16ClNS. The maximum absolute atomic E-state index is 6.39. The van der Waals surface area contributed by atoms with Crippen LogP contribution in [0, 0.1) is 5.92 Å². The fourth-order valence-electron chi connectivity index (χ4n) is 2.77. The highest BCUT2D eigenvalue weighted by Crippen LogP contribution is 2.36. The van der Waals surface area contributed by atoms with Gasteiger partial charge in [0.05, 0.1) is 4.34 Å². The molecule has 2 aromatic rings. The first kappa shape index (κ1) is 12.2. The molecule has 0 saturated heterocycles. The highest BCUT2D eigenvalue weighted by molar-refractivity contribution is 7.16. The van der Waals surface area contributed by atoms with Crippen LogP contribution in [0.25, 0.3) is 0 Å². The molecule has 0 spiro atoms. The Kier molecular flexibility index (Phi) is 3.42. The number of benzene rings is 1. The summed E-state index contributed by atoms with van der Waals surface area (Å²) in [7, 11) is 0. The van der Waals surface area contributed by atoms with E-state index < -0.39 is 0 Å². The molecule has 1 aromatic carbocycles. The average Bonchev–Trinajstić information content (AvgIpc) is 2.84. The third-order valence-corrected chi connectivity index (χ3v) is 5.15. The molecule has 3 rings (SSSR count). The lowest BCUT2D eigenvalue weighted by Crippen LogP contribution is -2.26. The average molecular weight is 278 g/mol. The van der Waals surface area contributed by atoms with E-state index in [4.69, 9.17) is 17.3 Å². The van der Waals surface area contributed by atoms with Crippen molar-refractivity contribution in [1.82, 2.24) is 0 Å². The standard InChI is InChI=1S/C15H16ClNS/c16-14-8-7-13(18-14)15(17)12-6-5-10-3-1-2-4-11(10)9-12/h1-4,7-8,12,15H,5-6,9,17H2. The molecule has 0 bridgehead atoms. The SMILES string of the molecule is NC(c1ccc(Cl)s1)C1CCc2ccccc2C1. The Bertz CT molecular complexity index is 549. The van der Waals surface area contributed by atoms with Crippen molar-refractivity contribution in [3.8, 4) is 0 Å². The number of hydrogen-bond donors (Lipinski definition) is 1. The maximum Gasteiger partial charge on any atom is 0.0931 e. The van der Waals surface area contributed by atoms with Crippen LogP contribution < -0.4 is 5.73 Å². The lowest BCUT2D eigenvalue weighted by atomic mass is 9.80. The van der Waals surface area contributed by atoms with E-state index >= 15 is 0 Å². The molecule has 1 nitrogen and oxygen atoms in total. The van der Waals surface area contributed by atoms with Crippen molar-refractivity contribution >= 4 is 22.9 Å². The Labute approximate surface area is 117 Å². The van der Waals surface area contributed by atoms with Gasteiger partial charge in [-0.25, -0.2) is 0 Å². The molecule has 1 aliphatic rings.